The molecular formula is C22H24N4O4. The number of amides is 1. The predicted molar refractivity (Wildman–Crippen MR) is 113 cm³/mol. The minimum Gasteiger partial charge on any atom is -0.493 e. The molecule has 0 unspecified atom stereocenters. The second-order valence-electron chi connectivity index (χ2n) is 6.72. The van der Waals surface area contributed by atoms with Crippen LogP contribution in [0.5, 0.6) is 11.5 Å². The van der Waals surface area contributed by atoms with Crippen LogP contribution in [0.15, 0.2) is 53.3 Å². The number of ether oxygens (including phenoxy) is 2. The molecule has 0 aliphatic rings. The number of nitrogens with one attached hydrogen (secondary N) is 2. The van der Waals surface area contributed by atoms with Gasteiger partial charge in [-0.3, -0.25) is 9.59 Å². The third-order valence-electron chi connectivity index (χ3n) is 4.69. The molecule has 0 radical (unpaired) electrons. The molecule has 0 aliphatic carbocycles. The second kappa shape index (κ2) is 9.69. The summed E-state index contributed by atoms with van der Waals surface area (Å²) in [6.07, 6.45) is 0.340. The van der Waals surface area contributed by atoms with Crippen molar-refractivity contribution < 1.29 is 14.3 Å². The van der Waals surface area contributed by atoms with E-state index in [0.717, 1.165) is 5.56 Å². The highest BCUT2D eigenvalue weighted by molar-refractivity contribution is 5.76. The Bertz CT molecular complexity index is 1070. The van der Waals surface area contributed by atoms with Crippen molar-refractivity contribution in [2.24, 2.45) is 0 Å². The lowest BCUT2D eigenvalue weighted by atomic mass is 10.1. The minimum atomic E-state index is -0.376. The summed E-state index contributed by atoms with van der Waals surface area (Å²) in [6.45, 7) is 1.91. The molecule has 156 valence electrons. The third-order valence-corrected chi connectivity index (χ3v) is 4.69. The van der Waals surface area contributed by atoms with Crippen molar-refractivity contribution >= 4 is 5.91 Å². The number of rotatable bonds is 8. The fourth-order valence-electron chi connectivity index (χ4n) is 3.01. The number of aromatic amines is 1. The van der Waals surface area contributed by atoms with E-state index >= 15 is 0 Å². The highest BCUT2D eigenvalue weighted by Crippen LogP contribution is 2.30. The molecule has 1 atom stereocenters. The van der Waals surface area contributed by atoms with E-state index in [1.165, 1.54) is 7.11 Å². The molecule has 0 spiro atoms. The van der Waals surface area contributed by atoms with Crippen molar-refractivity contribution in [1.82, 2.24) is 20.5 Å². The molecule has 8 nitrogen and oxygen atoms in total. The number of aromatic nitrogens is 3. The van der Waals surface area contributed by atoms with Crippen molar-refractivity contribution in [2.45, 2.75) is 25.8 Å². The summed E-state index contributed by atoms with van der Waals surface area (Å²) < 4.78 is 10.5. The molecule has 3 rings (SSSR count). The zero-order valence-electron chi connectivity index (χ0n) is 17.1. The Morgan fingerprint density at radius 1 is 1.07 bits per heavy atom. The molecule has 0 aliphatic heterocycles. The number of hydrogen-bond donors (Lipinski definition) is 2. The maximum Gasteiger partial charge on any atom is 0.273 e. The summed E-state index contributed by atoms with van der Waals surface area (Å²) in [5.41, 5.74) is 1.49. The zero-order valence-corrected chi connectivity index (χ0v) is 17.1. The van der Waals surface area contributed by atoms with Gasteiger partial charge < -0.3 is 19.8 Å². The van der Waals surface area contributed by atoms with Crippen LogP contribution in [0.2, 0.25) is 0 Å². The van der Waals surface area contributed by atoms with Gasteiger partial charge in [-0.15, -0.1) is 10.2 Å². The van der Waals surface area contributed by atoms with E-state index in [1.807, 2.05) is 37.3 Å². The number of methoxy groups -OCH3 is 2. The summed E-state index contributed by atoms with van der Waals surface area (Å²) in [6, 6.07) is 14.7. The summed E-state index contributed by atoms with van der Waals surface area (Å²) in [5, 5.41) is 11.0. The molecule has 1 aromatic heterocycles. The Balaban J connectivity index is 1.64. The van der Waals surface area contributed by atoms with Crippen LogP contribution < -0.4 is 20.3 Å². The van der Waals surface area contributed by atoms with Gasteiger partial charge in [-0.1, -0.05) is 30.3 Å². The van der Waals surface area contributed by atoms with Crippen LogP contribution in [0.4, 0.5) is 0 Å². The van der Waals surface area contributed by atoms with Gasteiger partial charge in [-0.25, -0.2) is 0 Å². The van der Waals surface area contributed by atoms with Crippen molar-refractivity contribution in [1.29, 1.82) is 0 Å². The van der Waals surface area contributed by atoms with Crippen LogP contribution in [-0.2, 0) is 11.2 Å². The Morgan fingerprint density at radius 3 is 2.47 bits per heavy atom. The van der Waals surface area contributed by atoms with E-state index in [2.05, 4.69) is 20.5 Å². The lowest BCUT2D eigenvalue weighted by Gasteiger charge is -2.14. The van der Waals surface area contributed by atoms with E-state index in [1.54, 1.807) is 25.3 Å². The number of nitrogens with zero attached hydrogens (tertiary/aromatic N) is 2. The van der Waals surface area contributed by atoms with Gasteiger partial charge in [-0.2, -0.15) is 0 Å². The highest BCUT2D eigenvalue weighted by Gasteiger charge is 2.13. The molecule has 0 saturated heterocycles. The number of hydrogen-bond acceptors (Lipinski definition) is 6. The first-order valence-corrected chi connectivity index (χ1v) is 9.54. The molecule has 3 aromatic rings. The first-order valence-electron chi connectivity index (χ1n) is 9.54. The van der Waals surface area contributed by atoms with Gasteiger partial charge in [0.05, 0.1) is 20.3 Å². The Kier molecular flexibility index (Phi) is 6.79. The molecule has 1 amide bonds. The SMILES string of the molecule is COc1ccc(-c2nnc(CCC(=O)N[C@H](C)c3ccccc3)c(=O)[nH]2)cc1OC. The molecule has 2 aromatic carbocycles. The first kappa shape index (κ1) is 21.0. The Hall–Kier alpha value is -3.68. The van der Waals surface area contributed by atoms with Gasteiger partial charge in [0.25, 0.3) is 5.56 Å². The lowest BCUT2D eigenvalue weighted by Crippen LogP contribution is -2.28. The predicted octanol–water partition coefficient (Wildman–Crippen LogP) is 2.66. The Morgan fingerprint density at radius 2 is 1.80 bits per heavy atom. The van der Waals surface area contributed by atoms with Gasteiger partial charge in [-0.05, 0) is 30.7 Å². The van der Waals surface area contributed by atoms with Crippen LogP contribution in [0.1, 0.15) is 30.6 Å². The lowest BCUT2D eigenvalue weighted by molar-refractivity contribution is -0.121. The minimum absolute atomic E-state index is 0.115. The van der Waals surface area contributed by atoms with Gasteiger partial charge in [0.1, 0.15) is 5.69 Å². The van der Waals surface area contributed by atoms with E-state index in [9.17, 15) is 9.59 Å². The number of H-pyrrole nitrogens is 1. The maximum atomic E-state index is 12.4. The monoisotopic (exact) mass is 408 g/mol. The average molecular weight is 408 g/mol. The number of carbonyl (C=O) groups excluding carboxylic acids is 1. The molecule has 0 fully saturated rings. The normalized spacial score (nSPS) is 11.6. The van der Waals surface area contributed by atoms with Gasteiger partial charge in [0, 0.05) is 18.4 Å². The van der Waals surface area contributed by atoms with Crippen LogP contribution in [0, 0.1) is 0 Å². The van der Waals surface area contributed by atoms with Gasteiger partial charge in [0.2, 0.25) is 5.91 Å². The molecule has 1 heterocycles. The fourth-order valence-corrected chi connectivity index (χ4v) is 3.01. The van der Waals surface area contributed by atoms with E-state index in [4.69, 9.17) is 9.47 Å². The smallest absolute Gasteiger partial charge is 0.273 e. The second-order valence-corrected chi connectivity index (χ2v) is 6.72. The molecule has 2 N–H and O–H groups in total. The average Bonchev–Trinajstić information content (AvgIpc) is 2.78. The van der Waals surface area contributed by atoms with Crippen LogP contribution in [0.3, 0.4) is 0 Å². The molecule has 0 bridgehead atoms. The van der Waals surface area contributed by atoms with Gasteiger partial charge >= 0.3 is 0 Å². The van der Waals surface area contributed by atoms with E-state index < -0.39 is 0 Å². The van der Waals surface area contributed by atoms with E-state index in [0.29, 0.717) is 22.9 Å². The largest absolute Gasteiger partial charge is 0.493 e. The van der Waals surface area contributed by atoms with Crippen molar-refractivity contribution in [2.75, 3.05) is 14.2 Å². The highest BCUT2D eigenvalue weighted by atomic mass is 16.5. The van der Waals surface area contributed by atoms with Gasteiger partial charge in [0.15, 0.2) is 17.3 Å². The molecule has 0 saturated carbocycles. The van der Waals surface area contributed by atoms with Crippen molar-refractivity contribution in [3.8, 4) is 22.9 Å². The van der Waals surface area contributed by atoms with Crippen molar-refractivity contribution in [3.63, 3.8) is 0 Å². The number of carbonyl (C=O) groups is 1. The van der Waals surface area contributed by atoms with Crippen LogP contribution in [-0.4, -0.2) is 35.3 Å². The zero-order chi connectivity index (χ0) is 21.5. The third kappa shape index (κ3) is 5.02. The maximum absolute atomic E-state index is 12.4. The summed E-state index contributed by atoms with van der Waals surface area (Å²) >= 11 is 0. The molecule has 8 heteroatoms. The quantitative estimate of drug-likeness (QED) is 0.594. The van der Waals surface area contributed by atoms with Crippen LogP contribution >= 0.6 is 0 Å². The van der Waals surface area contributed by atoms with E-state index in [-0.39, 0.29) is 36.0 Å². The molecular weight excluding hydrogens is 384 g/mol. The fraction of sp³-hybridized carbons (Fsp3) is 0.273. The summed E-state index contributed by atoms with van der Waals surface area (Å²) in [5.74, 6) is 1.25. The first-order chi connectivity index (χ1) is 14.5. The standard InChI is InChI=1S/C22H24N4O4/c1-14(15-7-5-4-6-8-15)23-20(27)12-10-17-22(28)24-21(26-25-17)16-9-11-18(29-2)19(13-16)30-3/h4-9,11,13-14H,10,12H2,1-3H3,(H,23,27)(H,24,26,28)/t14-/m1/s1. The van der Waals surface area contributed by atoms with Crippen molar-refractivity contribution in [3.05, 3.63) is 70.1 Å². The number of benzene rings is 2. The molecule has 30 heavy (non-hydrogen) atoms. The number of aryl methyl sites for hydroxylation is 1. The Labute approximate surface area is 174 Å². The summed E-state index contributed by atoms with van der Waals surface area (Å²) in [7, 11) is 3.08. The topological polar surface area (TPSA) is 106 Å². The summed E-state index contributed by atoms with van der Waals surface area (Å²) in [4.78, 5) is 27.3. The van der Waals surface area contributed by atoms with Crippen LogP contribution in [0.25, 0.3) is 11.4 Å².